The van der Waals surface area contributed by atoms with Crippen LogP contribution in [-0.4, -0.2) is 24.7 Å². The molecule has 5 heteroatoms. The minimum atomic E-state index is -0.172. The number of halogens is 1. The summed E-state index contributed by atoms with van der Waals surface area (Å²) in [5.74, 6) is 2.60. The van der Waals surface area contributed by atoms with Gasteiger partial charge in [0.1, 0.15) is 6.54 Å². The first kappa shape index (κ1) is 15.1. The maximum absolute atomic E-state index is 11.3. The Morgan fingerprint density at radius 1 is 1.16 bits per heavy atom. The van der Waals surface area contributed by atoms with Crippen molar-refractivity contribution in [3.63, 3.8) is 0 Å². The van der Waals surface area contributed by atoms with Gasteiger partial charge >= 0.3 is 5.97 Å². The van der Waals surface area contributed by atoms with E-state index in [4.69, 9.17) is 4.74 Å². The highest BCUT2D eigenvalue weighted by Gasteiger charge is 2.50. The molecule has 4 saturated carbocycles. The highest BCUT2D eigenvalue weighted by atomic mass is 35.5. The third-order valence-electron chi connectivity index (χ3n) is 4.93. The van der Waals surface area contributed by atoms with Crippen LogP contribution in [0.2, 0.25) is 0 Å². The molecule has 0 aromatic rings. The Bertz CT molecular complexity index is 300. The van der Waals surface area contributed by atoms with Gasteiger partial charge in [0.15, 0.2) is 0 Å². The molecule has 0 aromatic carbocycles. The molecule has 0 amide bonds. The molecule has 4 aliphatic rings. The monoisotopic (exact) mass is 288 g/mol. The highest BCUT2D eigenvalue weighted by Crippen LogP contribution is 2.55. The van der Waals surface area contributed by atoms with Gasteiger partial charge in [-0.1, -0.05) is 0 Å². The summed E-state index contributed by atoms with van der Waals surface area (Å²) < 4.78 is 4.92. The van der Waals surface area contributed by atoms with Crippen LogP contribution in [-0.2, 0) is 9.53 Å². The van der Waals surface area contributed by atoms with Crippen molar-refractivity contribution >= 4 is 18.4 Å². The average molecular weight is 289 g/mol. The standard InChI is InChI=1S/C14H24N2O2.ClH/c1-2-18-13(17)9-15-16-14-6-10-3-11(7-14)5-12(4-10)8-14;/h10-12,15-16H,2-9H2,1H3;1H. The van der Waals surface area contributed by atoms with Crippen molar-refractivity contribution in [1.82, 2.24) is 10.9 Å². The van der Waals surface area contributed by atoms with E-state index in [0.29, 0.717) is 6.61 Å². The molecular formula is C14H25ClN2O2. The molecule has 0 aliphatic heterocycles. The molecule has 0 heterocycles. The number of ether oxygens (including phenoxy) is 1. The Morgan fingerprint density at radius 3 is 2.16 bits per heavy atom. The molecule has 0 radical (unpaired) electrons. The van der Waals surface area contributed by atoms with Gasteiger partial charge < -0.3 is 4.74 Å². The molecule has 4 fully saturated rings. The molecule has 4 aliphatic carbocycles. The summed E-state index contributed by atoms with van der Waals surface area (Å²) in [7, 11) is 0. The maximum atomic E-state index is 11.3. The van der Waals surface area contributed by atoms with E-state index in [1.807, 2.05) is 6.92 Å². The zero-order valence-corrected chi connectivity index (χ0v) is 12.4. The van der Waals surface area contributed by atoms with Gasteiger partial charge in [0, 0.05) is 5.54 Å². The highest BCUT2D eigenvalue weighted by molar-refractivity contribution is 5.85. The van der Waals surface area contributed by atoms with Crippen LogP contribution >= 0.6 is 12.4 Å². The average Bonchev–Trinajstić information content (AvgIpc) is 2.26. The Morgan fingerprint density at radius 2 is 1.68 bits per heavy atom. The van der Waals surface area contributed by atoms with Crippen LogP contribution in [0, 0.1) is 17.8 Å². The van der Waals surface area contributed by atoms with E-state index in [1.54, 1.807) is 0 Å². The van der Waals surface area contributed by atoms with Crippen molar-refractivity contribution in [1.29, 1.82) is 0 Å². The number of carbonyl (C=O) groups is 1. The Hall–Kier alpha value is -0.320. The number of hydrogen-bond donors (Lipinski definition) is 2. The summed E-state index contributed by atoms with van der Waals surface area (Å²) in [6, 6.07) is 0. The Labute approximate surface area is 121 Å². The van der Waals surface area contributed by atoms with Gasteiger partial charge in [-0.25, -0.2) is 5.43 Å². The van der Waals surface area contributed by atoms with Gasteiger partial charge in [-0.15, -0.1) is 12.4 Å². The predicted octanol–water partition coefficient (Wildman–Crippen LogP) is 2.03. The van der Waals surface area contributed by atoms with Crippen LogP contribution in [0.3, 0.4) is 0 Å². The summed E-state index contributed by atoms with van der Waals surface area (Å²) >= 11 is 0. The molecule has 0 saturated heterocycles. The topological polar surface area (TPSA) is 50.4 Å². The molecule has 110 valence electrons. The quantitative estimate of drug-likeness (QED) is 0.600. The second-order valence-corrected chi connectivity index (χ2v) is 6.48. The zero-order chi connectivity index (χ0) is 12.6. The first-order valence-corrected chi connectivity index (χ1v) is 7.35. The molecule has 0 spiro atoms. The second kappa shape index (κ2) is 5.98. The number of carbonyl (C=O) groups excluding carboxylic acids is 1. The number of nitrogens with one attached hydrogen (secondary N) is 2. The molecule has 0 aromatic heterocycles. The maximum Gasteiger partial charge on any atom is 0.321 e. The normalized spacial score (nSPS) is 38.9. The van der Waals surface area contributed by atoms with E-state index in [-0.39, 0.29) is 30.5 Å². The first-order chi connectivity index (χ1) is 8.69. The number of esters is 1. The summed E-state index contributed by atoms with van der Waals surface area (Å²) in [5, 5.41) is 0. The van der Waals surface area contributed by atoms with Crippen molar-refractivity contribution in [3.05, 3.63) is 0 Å². The van der Waals surface area contributed by atoms with E-state index in [9.17, 15) is 4.79 Å². The molecular weight excluding hydrogens is 264 g/mol. The van der Waals surface area contributed by atoms with E-state index in [2.05, 4.69) is 10.9 Å². The molecule has 2 N–H and O–H groups in total. The summed E-state index contributed by atoms with van der Waals surface area (Å²) in [6.07, 6.45) is 8.19. The Kier molecular flexibility index (Phi) is 4.75. The molecule has 4 nitrogen and oxygen atoms in total. The molecule has 0 unspecified atom stereocenters. The Balaban J connectivity index is 0.00000133. The van der Waals surface area contributed by atoms with Crippen molar-refractivity contribution in [2.75, 3.05) is 13.2 Å². The van der Waals surface area contributed by atoms with Gasteiger partial charge in [-0.2, -0.15) is 0 Å². The smallest absolute Gasteiger partial charge is 0.321 e. The van der Waals surface area contributed by atoms with Crippen LogP contribution < -0.4 is 10.9 Å². The SMILES string of the molecule is CCOC(=O)CNNC12CC3CC(CC(C3)C1)C2.Cl. The van der Waals surface area contributed by atoms with Crippen LogP contribution in [0.5, 0.6) is 0 Å². The molecule has 4 bridgehead atoms. The third kappa shape index (κ3) is 3.23. The van der Waals surface area contributed by atoms with Crippen molar-refractivity contribution < 1.29 is 9.53 Å². The predicted molar refractivity (Wildman–Crippen MR) is 75.9 cm³/mol. The first-order valence-electron chi connectivity index (χ1n) is 7.35. The fourth-order valence-corrected chi connectivity index (χ4v) is 4.78. The third-order valence-corrected chi connectivity index (χ3v) is 4.93. The van der Waals surface area contributed by atoms with E-state index in [1.165, 1.54) is 38.5 Å². The van der Waals surface area contributed by atoms with Gasteiger partial charge in [0.25, 0.3) is 0 Å². The summed E-state index contributed by atoms with van der Waals surface area (Å²) in [5.41, 5.74) is 6.83. The zero-order valence-electron chi connectivity index (χ0n) is 11.6. The largest absolute Gasteiger partial charge is 0.465 e. The molecule has 4 rings (SSSR count). The number of rotatable bonds is 5. The minimum absolute atomic E-state index is 0. The second-order valence-electron chi connectivity index (χ2n) is 6.48. The van der Waals surface area contributed by atoms with Crippen LogP contribution in [0.4, 0.5) is 0 Å². The number of hydrazine groups is 1. The van der Waals surface area contributed by atoms with Crippen molar-refractivity contribution in [3.8, 4) is 0 Å². The fraction of sp³-hybridized carbons (Fsp3) is 0.929. The lowest BCUT2D eigenvalue weighted by atomic mass is 9.53. The van der Waals surface area contributed by atoms with E-state index in [0.717, 1.165) is 17.8 Å². The van der Waals surface area contributed by atoms with Crippen molar-refractivity contribution in [2.45, 2.75) is 51.0 Å². The van der Waals surface area contributed by atoms with E-state index < -0.39 is 0 Å². The van der Waals surface area contributed by atoms with Crippen LogP contribution in [0.1, 0.15) is 45.4 Å². The molecule has 0 atom stereocenters. The van der Waals surface area contributed by atoms with Gasteiger partial charge in [0.05, 0.1) is 6.61 Å². The van der Waals surface area contributed by atoms with Crippen LogP contribution in [0.15, 0.2) is 0 Å². The lowest BCUT2D eigenvalue weighted by Gasteiger charge is -2.57. The van der Waals surface area contributed by atoms with E-state index >= 15 is 0 Å². The minimum Gasteiger partial charge on any atom is -0.465 e. The fourth-order valence-electron chi connectivity index (χ4n) is 4.78. The van der Waals surface area contributed by atoms with Crippen LogP contribution in [0.25, 0.3) is 0 Å². The van der Waals surface area contributed by atoms with Gasteiger partial charge in [-0.3, -0.25) is 10.2 Å². The molecule has 19 heavy (non-hydrogen) atoms. The lowest BCUT2D eigenvalue weighted by Crippen LogP contribution is -2.62. The summed E-state index contributed by atoms with van der Waals surface area (Å²) in [4.78, 5) is 11.3. The van der Waals surface area contributed by atoms with Gasteiger partial charge in [-0.05, 0) is 63.2 Å². The van der Waals surface area contributed by atoms with Crippen molar-refractivity contribution in [2.24, 2.45) is 17.8 Å². The summed E-state index contributed by atoms with van der Waals surface area (Å²) in [6.45, 7) is 2.57. The lowest BCUT2D eigenvalue weighted by molar-refractivity contribution is -0.142. The number of hydrogen-bond acceptors (Lipinski definition) is 4. The van der Waals surface area contributed by atoms with Gasteiger partial charge in [0.2, 0.25) is 0 Å².